The third-order valence-electron chi connectivity index (χ3n) is 3.90. The van der Waals surface area contributed by atoms with Gasteiger partial charge in [-0.2, -0.15) is 4.31 Å². The lowest BCUT2D eigenvalue weighted by Gasteiger charge is -2.25. The van der Waals surface area contributed by atoms with Crippen LogP contribution in [-0.2, 0) is 16.6 Å². The largest absolute Gasteiger partial charge is 0.420 e. The fourth-order valence-corrected chi connectivity index (χ4v) is 4.30. The molecule has 1 aliphatic rings. The minimum absolute atomic E-state index is 0.168. The maximum Gasteiger partial charge on any atom is 0.420 e. The maximum absolute atomic E-state index is 12.6. The summed E-state index contributed by atoms with van der Waals surface area (Å²) in [6.07, 6.45) is 4.41. The average Bonchev–Trinajstić information content (AvgIpc) is 2.84. The Balaban J connectivity index is 2.05. The highest BCUT2D eigenvalue weighted by Crippen LogP contribution is 2.24. The first-order valence-corrected chi connectivity index (χ1v) is 8.72. The molecule has 1 aromatic heterocycles. The molecule has 3 rings (SSSR count). The smallest absolute Gasteiger partial charge is 0.408 e. The summed E-state index contributed by atoms with van der Waals surface area (Å²) in [5.74, 6) is -0.512. The Hall–Kier alpha value is -1.86. The van der Waals surface area contributed by atoms with Crippen LogP contribution in [0.4, 0.5) is 0 Å². The third kappa shape index (κ3) is 2.50. The molecule has 118 valence electrons. The molecule has 1 saturated heterocycles. The van der Waals surface area contributed by atoms with Crippen LogP contribution in [-0.4, -0.2) is 30.4 Å². The SMILES string of the molecule is C=CCn1c(=O)oc2cc(S(=O)(=O)N3CCCCC3)ccc21. The summed E-state index contributed by atoms with van der Waals surface area (Å²) in [6.45, 7) is 5.01. The van der Waals surface area contributed by atoms with Crippen molar-refractivity contribution in [2.75, 3.05) is 13.1 Å². The number of hydrogen-bond acceptors (Lipinski definition) is 4. The van der Waals surface area contributed by atoms with Crippen LogP contribution in [0.3, 0.4) is 0 Å². The first-order chi connectivity index (χ1) is 10.5. The number of nitrogens with zero attached hydrogens (tertiary/aromatic N) is 2. The van der Waals surface area contributed by atoms with Crippen molar-refractivity contribution in [2.45, 2.75) is 30.7 Å². The topological polar surface area (TPSA) is 72.5 Å². The summed E-state index contributed by atoms with van der Waals surface area (Å²) in [4.78, 5) is 11.9. The lowest BCUT2D eigenvalue weighted by atomic mass is 10.2. The van der Waals surface area contributed by atoms with Gasteiger partial charge in [0, 0.05) is 25.7 Å². The van der Waals surface area contributed by atoms with Gasteiger partial charge in [-0.1, -0.05) is 12.5 Å². The van der Waals surface area contributed by atoms with E-state index in [1.165, 1.54) is 21.0 Å². The molecule has 1 fully saturated rings. The summed E-state index contributed by atoms with van der Waals surface area (Å²) < 4.78 is 33.3. The minimum atomic E-state index is -3.53. The minimum Gasteiger partial charge on any atom is -0.408 e. The summed E-state index contributed by atoms with van der Waals surface area (Å²) in [5.41, 5.74) is 0.854. The first-order valence-electron chi connectivity index (χ1n) is 7.28. The van der Waals surface area contributed by atoms with E-state index in [4.69, 9.17) is 4.42 Å². The van der Waals surface area contributed by atoms with Crippen LogP contribution in [0.15, 0.2) is 45.0 Å². The molecule has 6 nitrogen and oxygen atoms in total. The van der Waals surface area contributed by atoms with E-state index in [0.29, 0.717) is 25.2 Å². The van der Waals surface area contributed by atoms with E-state index in [-0.39, 0.29) is 10.5 Å². The van der Waals surface area contributed by atoms with Crippen LogP contribution in [0.5, 0.6) is 0 Å². The summed E-state index contributed by atoms with van der Waals surface area (Å²) in [5, 5.41) is 0. The van der Waals surface area contributed by atoms with Crippen molar-refractivity contribution in [3.05, 3.63) is 41.4 Å². The number of fused-ring (bicyclic) bond motifs is 1. The predicted octanol–water partition coefficient (Wildman–Crippen LogP) is 1.96. The Labute approximate surface area is 128 Å². The molecule has 0 bridgehead atoms. The highest BCUT2D eigenvalue weighted by molar-refractivity contribution is 7.89. The van der Waals surface area contributed by atoms with Crippen molar-refractivity contribution in [3.63, 3.8) is 0 Å². The van der Waals surface area contributed by atoms with Crippen LogP contribution < -0.4 is 5.76 Å². The van der Waals surface area contributed by atoms with Crippen molar-refractivity contribution in [3.8, 4) is 0 Å². The molecule has 2 aromatic rings. The van der Waals surface area contributed by atoms with Gasteiger partial charge >= 0.3 is 5.76 Å². The Bertz CT molecular complexity index is 857. The van der Waals surface area contributed by atoms with E-state index in [1.54, 1.807) is 12.1 Å². The Morgan fingerprint density at radius 2 is 1.95 bits per heavy atom. The molecule has 0 aliphatic carbocycles. The zero-order valence-electron chi connectivity index (χ0n) is 12.2. The molecule has 1 aromatic carbocycles. The number of rotatable bonds is 4. The van der Waals surface area contributed by atoms with E-state index in [0.717, 1.165) is 19.3 Å². The van der Waals surface area contributed by atoms with Crippen LogP contribution in [0.1, 0.15) is 19.3 Å². The number of hydrogen-bond donors (Lipinski definition) is 0. The monoisotopic (exact) mass is 322 g/mol. The van der Waals surface area contributed by atoms with Gasteiger partial charge in [-0.15, -0.1) is 6.58 Å². The molecule has 1 aliphatic heterocycles. The molecule has 0 saturated carbocycles. The standard InChI is InChI=1S/C15H18N2O4S/c1-2-8-17-13-7-6-12(11-14(13)21-15(17)18)22(19,20)16-9-4-3-5-10-16/h2,6-7,11H,1,3-5,8-10H2. The average molecular weight is 322 g/mol. The molecule has 0 atom stereocenters. The zero-order valence-corrected chi connectivity index (χ0v) is 13.0. The van der Waals surface area contributed by atoms with Crippen LogP contribution >= 0.6 is 0 Å². The molecular formula is C15H18N2O4S. The van der Waals surface area contributed by atoms with Gasteiger partial charge in [0.15, 0.2) is 5.58 Å². The van der Waals surface area contributed by atoms with Gasteiger partial charge < -0.3 is 4.42 Å². The number of allylic oxidation sites excluding steroid dienone is 1. The molecule has 22 heavy (non-hydrogen) atoms. The molecule has 0 unspecified atom stereocenters. The molecule has 0 amide bonds. The van der Waals surface area contributed by atoms with Crippen molar-refractivity contribution in [1.29, 1.82) is 0 Å². The van der Waals surface area contributed by atoms with Gasteiger partial charge in [-0.3, -0.25) is 4.57 Å². The number of sulfonamides is 1. The van der Waals surface area contributed by atoms with Gasteiger partial charge in [0.2, 0.25) is 10.0 Å². The molecule has 0 N–H and O–H groups in total. The second-order valence-corrected chi connectivity index (χ2v) is 7.30. The Morgan fingerprint density at radius 1 is 1.23 bits per heavy atom. The first kappa shape index (κ1) is 15.1. The number of aromatic nitrogens is 1. The van der Waals surface area contributed by atoms with Crippen LogP contribution in [0, 0.1) is 0 Å². The van der Waals surface area contributed by atoms with Crippen molar-refractivity contribution in [1.82, 2.24) is 8.87 Å². The van der Waals surface area contributed by atoms with Crippen LogP contribution in [0.2, 0.25) is 0 Å². The van der Waals surface area contributed by atoms with Crippen molar-refractivity contribution < 1.29 is 12.8 Å². The zero-order chi connectivity index (χ0) is 15.7. The Morgan fingerprint density at radius 3 is 2.64 bits per heavy atom. The summed E-state index contributed by atoms with van der Waals surface area (Å²) in [6, 6.07) is 4.57. The number of oxazole rings is 1. The highest BCUT2D eigenvalue weighted by atomic mass is 32.2. The van der Waals surface area contributed by atoms with Gasteiger partial charge in [-0.25, -0.2) is 13.2 Å². The second kappa shape index (κ2) is 5.73. The fourth-order valence-electron chi connectivity index (χ4n) is 2.76. The molecule has 7 heteroatoms. The van der Waals surface area contributed by atoms with Gasteiger partial charge in [0.25, 0.3) is 0 Å². The summed E-state index contributed by atoms with van der Waals surface area (Å²) in [7, 11) is -3.53. The normalized spacial score (nSPS) is 16.9. The van der Waals surface area contributed by atoms with Crippen molar-refractivity contribution in [2.24, 2.45) is 0 Å². The van der Waals surface area contributed by atoms with Crippen molar-refractivity contribution >= 4 is 21.1 Å². The van der Waals surface area contributed by atoms with E-state index >= 15 is 0 Å². The third-order valence-corrected chi connectivity index (χ3v) is 5.80. The van der Waals surface area contributed by atoms with E-state index < -0.39 is 15.8 Å². The lowest BCUT2D eigenvalue weighted by molar-refractivity contribution is 0.346. The summed E-state index contributed by atoms with van der Waals surface area (Å²) >= 11 is 0. The maximum atomic E-state index is 12.6. The quantitative estimate of drug-likeness (QED) is 0.807. The van der Waals surface area contributed by atoms with Gasteiger partial charge in [-0.05, 0) is 25.0 Å². The van der Waals surface area contributed by atoms with E-state index in [9.17, 15) is 13.2 Å². The van der Waals surface area contributed by atoms with E-state index in [2.05, 4.69) is 6.58 Å². The van der Waals surface area contributed by atoms with Gasteiger partial charge in [0.05, 0.1) is 10.4 Å². The number of benzene rings is 1. The second-order valence-electron chi connectivity index (χ2n) is 5.36. The molecular weight excluding hydrogens is 304 g/mol. The predicted molar refractivity (Wildman–Crippen MR) is 83.3 cm³/mol. The number of piperidine rings is 1. The van der Waals surface area contributed by atoms with Gasteiger partial charge in [0.1, 0.15) is 0 Å². The fraction of sp³-hybridized carbons (Fsp3) is 0.400. The van der Waals surface area contributed by atoms with Crippen LogP contribution in [0.25, 0.3) is 11.1 Å². The molecule has 2 heterocycles. The van der Waals surface area contributed by atoms with E-state index in [1.807, 2.05) is 0 Å². The molecule has 0 radical (unpaired) electrons. The lowest BCUT2D eigenvalue weighted by Crippen LogP contribution is -2.35. The highest BCUT2D eigenvalue weighted by Gasteiger charge is 2.26. The molecule has 0 spiro atoms. The Kier molecular flexibility index (Phi) is 3.92.